The maximum atomic E-state index is 11.9. The Morgan fingerprint density at radius 1 is 1.23 bits per heavy atom. The van der Waals surface area contributed by atoms with E-state index in [0.29, 0.717) is 0 Å². The van der Waals surface area contributed by atoms with Crippen molar-refractivity contribution in [3.63, 3.8) is 0 Å². The lowest BCUT2D eigenvalue weighted by Crippen LogP contribution is -2.19. The van der Waals surface area contributed by atoms with Crippen molar-refractivity contribution in [2.75, 3.05) is 7.05 Å². The minimum absolute atomic E-state index is 0.145. The molecular formula is C18H25N3O. The fourth-order valence-corrected chi connectivity index (χ4v) is 3.20. The zero-order valence-electron chi connectivity index (χ0n) is 14.4. The summed E-state index contributed by atoms with van der Waals surface area (Å²) >= 11 is 0. The molecule has 1 aromatic heterocycles. The normalized spacial score (nSPS) is 11.2. The van der Waals surface area contributed by atoms with Crippen LogP contribution in [0.15, 0.2) is 18.5 Å². The number of aryl methyl sites for hydroxylation is 3. The number of Topliss-reactive ketones (excluding diaryl/α,β-unsaturated/α-hetero) is 1. The lowest BCUT2D eigenvalue weighted by molar-refractivity contribution is 0.101. The van der Waals surface area contributed by atoms with Crippen molar-refractivity contribution < 1.29 is 4.79 Å². The number of hydrogen-bond acceptors (Lipinski definition) is 3. The lowest BCUT2D eigenvalue weighted by atomic mass is 9.91. The van der Waals surface area contributed by atoms with E-state index < -0.39 is 0 Å². The molecule has 0 aliphatic heterocycles. The summed E-state index contributed by atoms with van der Waals surface area (Å²) in [4.78, 5) is 14.2. The number of benzene rings is 1. The van der Waals surface area contributed by atoms with Gasteiger partial charge in [-0.2, -0.15) is 5.10 Å². The average molecular weight is 299 g/mol. The SMILES string of the molecule is CC(=O)c1c(C)cc(C)c(CN(C)Cc2cnn(C)c2)c1C. The molecule has 0 spiro atoms. The average Bonchev–Trinajstić information content (AvgIpc) is 2.79. The molecule has 4 heteroatoms. The van der Waals surface area contributed by atoms with Gasteiger partial charge < -0.3 is 0 Å². The van der Waals surface area contributed by atoms with E-state index in [9.17, 15) is 4.79 Å². The maximum absolute atomic E-state index is 11.9. The summed E-state index contributed by atoms with van der Waals surface area (Å²) in [7, 11) is 4.02. The Labute approximate surface area is 132 Å². The van der Waals surface area contributed by atoms with Gasteiger partial charge in [-0.1, -0.05) is 6.07 Å². The first kappa shape index (κ1) is 16.4. The topological polar surface area (TPSA) is 38.1 Å². The largest absolute Gasteiger partial charge is 0.298 e. The molecule has 2 rings (SSSR count). The van der Waals surface area contributed by atoms with Gasteiger partial charge in [0.2, 0.25) is 0 Å². The van der Waals surface area contributed by atoms with Gasteiger partial charge in [0.25, 0.3) is 0 Å². The van der Waals surface area contributed by atoms with Gasteiger partial charge in [0, 0.05) is 37.5 Å². The van der Waals surface area contributed by atoms with E-state index >= 15 is 0 Å². The molecule has 22 heavy (non-hydrogen) atoms. The molecule has 0 atom stereocenters. The van der Waals surface area contributed by atoms with E-state index in [1.165, 1.54) is 16.7 Å². The molecule has 0 fully saturated rings. The quantitative estimate of drug-likeness (QED) is 0.796. The number of nitrogens with zero attached hydrogens (tertiary/aromatic N) is 3. The number of carbonyl (C=O) groups excluding carboxylic acids is 1. The predicted molar refractivity (Wildman–Crippen MR) is 89.0 cm³/mol. The van der Waals surface area contributed by atoms with Crippen LogP contribution in [-0.4, -0.2) is 27.5 Å². The second-order valence-corrected chi connectivity index (χ2v) is 6.24. The zero-order chi connectivity index (χ0) is 16.4. The van der Waals surface area contributed by atoms with Crippen molar-refractivity contribution >= 4 is 5.78 Å². The molecule has 4 nitrogen and oxygen atoms in total. The van der Waals surface area contributed by atoms with Crippen molar-refractivity contribution in [3.8, 4) is 0 Å². The first-order valence-electron chi connectivity index (χ1n) is 7.56. The molecule has 0 saturated heterocycles. The molecule has 0 aliphatic rings. The molecule has 118 valence electrons. The van der Waals surface area contributed by atoms with Crippen LogP contribution in [0, 0.1) is 20.8 Å². The Morgan fingerprint density at radius 3 is 2.45 bits per heavy atom. The number of hydrogen-bond donors (Lipinski definition) is 0. The molecule has 1 aromatic carbocycles. The number of ketones is 1. The Balaban J connectivity index is 2.25. The van der Waals surface area contributed by atoms with Crippen molar-refractivity contribution in [1.29, 1.82) is 0 Å². The maximum Gasteiger partial charge on any atom is 0.160 e. The van der Waals surface area contributed by atoms with Crippen molar-refractivity contribution in [3.05, 3.63) is 51.8 Å². The molecule has 1 heterocycles. The van der Waals surface area contributed by atoms with E-state index in [1.807, 2.05) is 31.0 Å². The van der Waals surface area contributed by atoms with E-state index in [-0.39, 0.29) is 5.78 Å². The number of carbonyl (C=O) groups is 1. The molecule has 0 bridgehead atoms. The molecule has 0 saturated carbocycles. The zero-order valence-corrected chi connectivity index (χ0v) is 14.4. The Morgan fingerprint density at radius 2 is 1.91 bits per heavy atom. The van der Waals surface area contributed by atoms with Gasteiger partial charge in [-0.15, -0.1) is 0 Å². The van der Waals surface area contributed by atoms with E-state index in [1.54, 1.807) is 6.92 Å². The third-order valence-corrected chi connectivity index (χ3v) is 4.12. The monoisotopic (exact) mass is 299 g/mol. The molecule has 0 aliphatic carbocycles. The van der Waals surface area contributed by atoms with Gasteiger partial charge in [0.1, 0.15) is 0 Å². The molecular weight excluding hydrogens is 274 g/mol. The second-order valence-electron chi connectivity index (χ2n) is 6.24. The van der Waals surface area contributed by atoms with Crippen LogP contribution in [0.1, 0.15) is 45.1 Å². The third kappa shape index (κ3) is 3.45. The molecule has 0 amide bonds. The molecule has 0 radical (unpaired) electrons. The highest BCUT2D eigenvalue weighted by Gasteiger charge is 2.15. The van der Waals surface area contributed by atoms with Crippen molar-refractivity contribution in [1.82, 2.24) is 14.7 Å². The van der Waals surface area contributed by atoms with Crippen molar-refractivity contribution in [2.45, 2.75) is 40.8 Å². The number of rotatable bonds is 5. The van der Waals surface area contributed by atoms with Crippen LogP contribution in [0.2, 0.25) is 0 Å². The first-order valence-corrected chi connectivity index (χ1v) is 7.56. The van der Waals surface area contributed by atoms with E-state index in [2.05, 4.69) is 37.0 Å². The Bertz CT molecular complexity index is 701. The summed E-state index contributed by atoms with van der Waals surface area (Å²) in [6.45, 7) is 9.51. The van der Waals surface area contributed by atoms with Crippen LogP contribution in [0.3, 0.4) is 0 Å². The minimum Gasteiger partial charge on any atom is -0.298 e. The van der Waals surface area contributed by atoms with Crippen LogP contribution in [0.25, 0.3) is 0 Å². The summed E-state index contributed by atoms with van der Waals surface area (Å²) in [6.07, 6.45) is 3.93. The summed E-state index contributed by atoms with van der Waals surface area (Å²) in [5, 5.41) is 4.21. The summed E-state index contributed by atoms with van der Waals surface area (Å²) in [5.41, 5.74) is 6.75. The summed E-state index contributed by atoms with van der Waals surface area (Å²) < 4.78 is 1.82. The van der Waals surface area contributed by atoms with Gasteiger partial charge in [-0.25, -0.2) is 0 Å². The van der Waals surface area contributed by atoms with Gasteiger partial charge >= 0.3 is 0 Å². The smallest absolute Gasteiger partial charge is 0.160 e. The molecule has 0 N–H and O–H groups in total. The van der Waals surface area contributed by atoms with Crippen LogP contribution < -0.4 is 0 Å². The van der Waals surface area contributed by atoms with E-state index in [4.69, 9.17) is 0 Å². The van der Waals surface area contributed by atoms with Gasteiger partial charge in [0.05, 0.1) is 6.20 Å². The van der Waals surface area contributed by atoms with Crippen molar-refractivity contribution in [2.24, 2.45) is 7.05 Å². The highest BCUT2D eigenvalue weighted by molar-refractivity contribution is 5.97. The fourth-order valence-electron chi connectivity index (χ4n) is 3.20. The van der Waals surface area contributed by atoms with Gasteiger partial charge in [-0.3, -0.25) is 14.4 Å². The summed E-state index contributed by atoms with van der Waals surface area (Å²) in [5.74, 6) is 0.145. The predicted octanol–water partition coefficient (Wildman–Crippen LogP) is 3.18. The van der Waals surface area contributed by atoms with Crippen LogP contribution in [-0.2, 0) is 20.1 Å². The standard InChI is InChI=1S/C18H25N3O/c1-12-7-13(2)18(15(4)22)14(3)17(12)11-20(5)9-16-8-19-21(6)10-16/h7-8,10H,9,11H2,1-6H3. The first-order chi connectivity index (χ1) is 10.3. The van der Waals surface area contributed by atoms with Crippen LogP contribution in [0.5, 0.6) is 0 Å². The summed E-state index contributed by atoms with van der Waals surface area (Å²) in [6, 6.07) is 2.12. The Kier molecular flexibility index (Phi) is 4.81. The molecule has 0 unspecified atom stereocenters. The highest BCUT2D eigenvalue weighted by Crippen LogP contribution is 2.24. The number of aromatic nitrogens is 2. The Hall–Kier alpha value is -1.94. The van der Waals surface area contributed by atoms with E-state index in [0.717, 1.165) is 29.8 Å². The third-order valence-electron chi connectivity index (χ3n) is 4.12. The van der Waals surface area contributed by atoms with Gasteiger partial charge in [-0.05, 0) is 57.0 Å². The van der Waals surface area contributed by atoms with Crippen LogP contribution >= 0.6 is 0 Å². The molecule has 2 aromatic rings. The minimum atomic E-state index is 0.145. The lowest BCUT2D eigenvalue weighted by Gasteiger charge is -2.21. The fraction of sp³-hybridized carbons (Fsp3) is 0.444. The van der Waals surface area contributed by atoms with Crippen LogP contribution in [0.4, 0.5) is 0 Å². The highest BCUT2D eigenvalue weighted by atomic mass is 16.1. The second kappa shape index (κ2) is 6.44. The van der Waals surface area contributed by atoms with Gasteiger partial charge in [0.15, 0.2) is 5.78 Å².